The molecule has 0 bridgehead atoms. The third-order valence-electron chi connectivity index (χ3n) is 15.4. The third-order valence-corrected chi connectivity index (χ3v) is 26.1. The molecule has 0 aliphatic rings. The van der Waals surface area contributed by atoms with Crippen molar-refractivity contribution in [3.05, 3.63) is 240 Å². The molecule has 31 nitrogen and oxygen atoms in total. The average molecular weight is 1720 g/mol. The molecule has 0 unspecified atom stereocenters. The predicted molar refractivity (Wildman–Crippen MR) is 471 cm³/mol. The second-order valence-electron chi connectivity index (χ2n) is 25.5. The van der Waals surface area contributed by atoms with Crippen LogP contribution in [0.1, 0.15) is 68.4 Å². The van der Waals surface area contributed by atoms with Crippen molar-refractivity contribution in [1.29, 1.82) is 0 Å². The Kier molecular flexibility index (Phi) is 45.3. The summed E-state index contributed by atoms with van der Waals surface area (Å²) in [6, 6.07) is 63.4. The molecular formula is C82H123N11O20Si5. The van der Waals surface area contributed by atoms with E-state index < -0.39 is 45.2 Å². The van der Waals surface area contributed by atoms with E-state index in [1.165, 1.54) is 12.7 Å². The van der Waals surface area contributed by atoms with E-state index >= 15 is 0 Å². The lowest BCUT2D eigenvalue weighted by Gasteiger charge is -2.28. The van der Waals surface area contributed by atoms with Crippen molar-refractivity contribution in [2.75, 3.05) is 141 Å². The van der Waals surface area contributed by atoms with E-state index in [1.54, 1.807) is 109 Å². The van der Waals surface area contributed by atoms with E-state index in [-0.39, 0.29) is 13.2 Å². The number of hydrogen-bond donors (Lipinski definition) is 11. The maximum atomic E-state index is 6.34. The molecule has 0 aliphatic carbocycles. The standard InChI is InChI=1S/C25H25N3O4Si.C19H27NO4Si.C17H25N3O4Si.C13H24N2O4Si.C8H22N2O4Si/c1-18-2-10-22(11-3-18)29-33(30-23-12-4-19(26)5-13-23,31-24-14-6-20(27)7-15-24)32-25-16-8-21(28)9-17-25;1-6-21-25(22-7-2,23-17-9-8-14(3)15(4)12-17)24-18-10-11-19(20)16(5)13-18;1-14-2-6-16(7-3-14)23-25(21-12-10-18,22-13-11-19)24-17-8-4-15(20)5-9-17;1-2-10-16-20(17-11-8-14,18-12-9-15)19-13-6-4-3-5-7-13;1-3-6-12-15(11-2,13-7-4-9)14-8-5-10/h2-17H,26-28H2,1H3;8-13H,6-7,20H2,1-5H3;2-9H,10-13,18-20H2,1H3;3-7H,2,8-12,14-15H2,1H3;3-10H2,1-2H3. The van der Waals surface area contributed by atoms with Crippen LogP contribution in [0.4, 0.5) is 28.4 Å². The lowest BCUT2D eigenvalue weighted by atomic mass is 10.1. The molecule has 9 aromatic rings. The molecule has 646 valence electrons. The Morgan fingerprint density at radius 2 is 0.492 bits per heavy atom. The molecule has 0 spiro atoms. The maximum absolute atomic E-state index is 6.34. The van der Waals surface area contributed by atoms with Gasteiger partial charge in [-0.2, -0.15) is 0 Å². The van der Waals surface area contributed by atoms with E-state index in [2.05, 4.69) is 6.92 Å². The molecule has 0 saturated carbocycles. The molecule has 118 heavy (non-hydrogen) atoms. The van der Waals surface area contributed by atoms with Crippen molar-refractivity contribution >= 4 is 73.7 Å². The van der Waals surface area contributed by atoms with E-state index in [9.17, 15) is 0 Å². The summed E-state index contributed by atoms with van der Waals surface area (Å²) in [6.45, 7) is 23.6. The van der Waals surface area contributed by atoms with Crippen molar-refractivity contribution in [3.63, 3.8) is 0 Å². The van der Waals surface area contributed by atoms with Crippen molar-refractivity contribution in [1.82, 2.24) is 0 Å². The number of aryl methyl sites for hydroxylation is 5. The molecular weight excluding hydrogens is 1600 g/mol. The van der Waals surface area contributed by atoms with Gasteiger partial charge in [-0.3, -0.25) is 0 Å². The molecule has 9 rings (SSSR count). The highest BCUT2D eigenvalue weighted by Gasteiger charge is 2.59. The zero-order chi connectivity index (χ0) is 86.1. The van der Waals surface area contributed by atoms with Gasteiger partial charge in [-0.15, -0.1) is 0 Å². The summed E-state index contributed by atoms with van der Waals surface area (Å²) in [5.41, 5.74) is 70.6. The van der Waals surface area contributed by atoms with Crippen LogP contribution in [0.3, 0.4) is 0 Å². The molecule has 0 aliphatic heterocycles. The maximum Gasteiger partial charge on any atom is 0.966 e. The summed E-state index contributed by atoms with van der Waals surface area (Å²) in [6.07, 6.45) is 1.71. The van der Waals surface area contributed by atoms with E-state index in [4.69, 9.17) is 152 Å². The van der Waals surface area contributed by atoms with Gasteiger partial charge in [0, 0.05) is 101 Å². The molecule has 0 atom stereocenters. The lowest BCUT2D eigenvalue weighted by molar-refractivity contribution is -0.0193. The topological polar surface area (TPSA) is 471 Å². The Bertz CT molecular complexity index is 3820. The highest BCUT2D eigenvalue weighted by atomic mass is 28.4. The minimum absolute atomic E-state index is 0.234. The van der Waals surface area contributed by atoms with Gasteiger partial charge in [0.05, 0.1) is 39.6 Å². The minimum Gasteiger partial charge on any atom is -0.480 e. The second kappa shape index (κ2) is 53.9. The number of anilines is 5. The number of benzene rings is 9. The molecule has 0 heterocycles. The summed E-state index contributed by atoms with van der Waals surface area (Å²) in [7, 11) is -15.6. The van der Waals surface area contributed by atoms with E-state index in [1.807, 2.05) is 159 Å². The predicted octanol–water partition coefficient (Wildman–Crippen LogP) is 10.7. The molecule has 0 amide bonds. The van der Waals surface area contributed by atoms with Gasteiger partial charge >= 0.3 is 45.2 Å². The Morgan fingerprint density at radius 3 is 0.805 bits per heavy atom. The highest BCUT2D eigenvalue weighted by molar-refractivity contribution is 6.57. The Hall–Kier alpha value is -9.42. The Morgan fingerprint density at radius 1 is 0.237 bits per heavy atom. The van der Waals surface area contributed by atoms with Gasteiger partial charge in [-0.05, 0) is 242 Å². The van der Waals surface area contributed by atoms with Gasteiger partial charge in [0.25, 0.3) is 0 Å². The van der Waals surface area contributed by atoms with Crippen molar-refractivity contribution in [3.8, 4) is 51.7 Å². The number of nitrogen functional groups attached to an aromatic ring is 5. The first-order valence-electron chi connectivity index (χ1n) is 38.8. The van der Waals surface area contributed by atoms with Gasteiger partial charge in [0.1, 0.15) is 51.7 Å². The quantitative estimate of drug-likeness (QED) is 0.0125. The van der Waals surface area contributed by atoms with Gasteiger partial charge in [-0.25, -0.2) is 0 Å². The number of para-hydroxylation sites is 1. The van der Waals surface area contributed by atoms with Crippen molar-refractivity contribution in [2.45, 2.75) is 75.2 Å². The monoisotopic (exact) mass is 1720 g/mol. The zero-order valence-electron chi connectivity index (χ0n) is 69.5. The van der Waals surface area contributed by atoms with E-state index in [0.29, 0.717) is 172 Å². The van der Waals surface area contributed by atoms with Crippen molar-refractivity contribution < 1.29 is 88.5 Å². The molecule has 0 saturated heterocycles. The number of hydrogen-bond acceptors (Lipinski definition) is 31. The number of rotatable bonds is 47. The van der Waals surface area contributed by atoms with Crippen LogP contribution in [0.25, 0.3) is 0 Å². The molecule has 0 aromatic heterocycles. The molecule has 9 aromatic carbocycles. The first kappa shape index (κ1) is 99.2. The number of nitrogens with two attached hydrogens (primary N) is 11. The zero-order valence-corrected chi connectivity index (χ0v) is 74.5. The van der Waals surface area contributed by atoms with Gasteiger partial charge in [-0.1, -0.05) is 73.5 Å². The van der Waals surface area contributed by atoms with Crippen LogP contribution in [0.15, 0.2) is 212 Å². The molecule has 0 radical (unpaired) electrons. The normalized spacial score (nSPS) is 11.4. The fourth-order valence-electron chi connectivity index (χ4n) is 9.54. The lowest BCUT2D eigenvalue weighted by Crippen LogP contribution is -2.60. The summed E-state index contributed by atoms with van der Waals surface area (Å²) in [5.74, 6) is 5.02. The van der Waals surface area contributed by atoms with Crippen LogP contribution < -0.4 is 103 Å². The van der Waals surface area contributed by atoms with Gasteiger partial charge in [0.2, 0.25) is 0 Å². The fraction of sp³-hybridized carbons (Fsp3) is 0.341. The van der Waals surface area contributed by atoms with Crippen LogP contribution in [-0.2, 0) is 48.7 Å². The first-order valence-corrected chi connectivity index (χ1v) is 46.9. The van der Waals surface area contributed by atoms with E-state index in [0.717, 1.165) is 35.1 Å². The second-order valence-corrected chi connectivity index (χ2v) is 35.6. The third kappa shape index (κ3) is 36.4. The molecule has 36 heteroatoms. The molecule has 0 fully saturated rings. The van der Waals surface area contributed by atoms with Crippen molar-refractivity contribution in [2.24, 2.45) is 34.4 Å². The summed E-state index contributed by atoms with van der Waals surface area (Å²) in [5, 5.41) is 0. The van der Waals surface area contributed by atoms with Crippen LogP contribution >= 0.6 is 0 Å². The SMILES string of the molecule is CCCO[Si](OC)(OCCN)OCCN.CCCO[Si](OCCN)(OCCN)Oc1ccccc1.CCO[Si](OCC)(Oc1ccc(C)c(C)c1)Oc1ccc(N)c(C)c1.Cc1ccc(O[Si](OCCN)(OCCN)Oc2ccc(N)cc2)cc1.Cc1ccc(O[Si](Oc2ccc(N)cc2)(Oc2ccc(N)cc2)Oc2ccc(N)cc2)cc1. The Labute approximate surface area is 701 Å². The van der Waals surface area contributed by atoms with Gasteiger partial charge < -0.3 is 152 Å². The summed E-state index contributed by atoms with van der Waals surface area (Å²) < 4.78 is 117. The van der Waals surface area contributed by atoms with Crippen LogP contribution in [0.2, 0.25) is 0 Å². The van der Waals surface area contributed by atoms with Crippen LogP contribution in [-0.4, -0.2) is 158 Å². The van der Waals surface area contributed by atoms with Crippen LogP contribution in [0.5, 0.6) is 51.7 Å². The minimum atomic E-state index is -3.95. The van der Waals surface area contributed by atoms with Crippen LogP contribution in [0, 0.1) is 34.6 Å². The smallest absolute Gasteiger partial charge is 0.480 e. The fourth-order valence-corrected chi connectivity index (χ4v) is 19.2. The highest BCUT2D eigenvalue weighted by Crippen LogP contribution is 2.32. The largest absolute Gasteiger partial charge is 0.966 e. The summed E-state index contributed by atoms with van der Waals surface area (Å²) in [4.78, 5) is 0. The average Bonchev–Trinajstić information content (AvgIpc) is 0.784. The molecule has 22 N–H and O–H groups in total. The Balaban J connectivity index is 0.000000269. The first-order chi connectivity index (χ1) is 56.8. The summed E-state index contributed by atoms with van der Waals surface area (Å²) >= 11 is 0. The van der Waals surface area contributed by atoms with Gasteiger partial charge in [0.15, 0.2) is 0 Å².